The molecule has 0 aliphatic rings. The van der Waals surface area contributed by atoms with E-state index in [1.165, 1.54) is 16.7 Å². The third-order valence-corrected chi connectivity index (χ3v) is 5.61. The van der Waals surface area contributed by atoms with Crippen molar-refractivity contribution in [3.63, 3.8) is 0 Å². The number of benzene rings is 1. The minimum Gasteiger partial charge on any atom is -0.496 e. The zero-order chi connectivity index (χ0) is 20.5. The first-order valence-corrected chi connectivity index (χ1v) is 9.76. The van der Waals surface area contributed by atoms with Crippen molar-refractivity contribution in [2.24, 2.45) is 0 Å². The second-order valence-corrected chi connectivity index (χ2v) is 7.42. The summed E-state index contributed by atoms with van der Waals surface area (Å²) < 4.78 is 7.71. The van der Waals surface area contributed by atoms with Crippen LogP contribution >= 0.6 is 0 Å². The minimum absolute atomic E-state index is 0.743. The average molecular weight is 386 g/mol. The van der Waals surface area contributed by atoms with Gasteiger partial charge in [0.15, 0.2) is 5.65 Å². The third kappa shape index (κ3) is 3.44. The fraction of sp³-hybridized carbons (Fsp3) is 0.250. The van der Waals surface area contributed by atoms with E-state index < -0.39 is 0 Å². The summed E-state index contributed by atoms with van der Waals surface area (Å²) in [7, 11) is 1.68. The fourth-order valence-electron chi connectivity index (χ4n) is 3.74. The topological polar surface area (TPSA) is 51.5 Å². The second kappa shape index (κ2) is 7.59. The van der Waals surface area contributed by atoms with Gasteiger partial charge in [-0.05, 0) is 56.5 Å². The van der Waals surface area contributed by atoms with E-state index in [-0.39, 0.29) is 0 Å². The molecular formula is C24H26N4O. The highest BCUT2D eigenvalue weighted by molar-refractivity contribution is 5.79. The fourth-order valence-corrected chi connectivity index (χ4v) is 3.74. The highest BCUT2D eigenvalue weighted by Gasteiger charge is 2.14. The number of imidazole rings is 1. The SMILES string of the molecule is COc1ccncc1-c1cc(NCc2c(C)cccc2C)c2nc(C)c(C)n2c1. The molecule has 0 spiro atoms. The van der Waals surface area contributed by atoms with Crippen LogP contribution in [0.15, 0.2) is 48.9 Å². The van der Waals surface area contributed by atoms with Crippen molar-refractivity contribution >= 4 is 11.3 Å². The first-order chi connectivity index (χ1) is 14.0. The molecule has 29 heavy (non-hydrogen) atoms. The van der Waals surface area contributed by atoms with Crippen LogP contribution < -0.4 is 10.1 Å². The number of rotatable bonds is 5. The summed E-state index contributed by atoms with van der Waals surface area (Å²) in [5, 5.41) is 3.63. The standard InChI is InChI=1S/C24H26N4O/c1-15-7-6-8-16(2)20(15)13-26-22-11-19(21-12-25-10-9-23(21)29-5)14-28-18(4)17(3)27-24(22)28/h6-12,14,26H,13H2,1-5H3. The average Bonchev–Trinajstić information content (AvgIpc) is 3.01. The van der Waals surface area contributed by atoms with Crippen LogP contribution in [0.3, 0.4) is 0 Å². The van der Waals surface area contributed by atoms with Crippen LogP contribution in [-0.2, 0) is 6.54 Å². The molecule has 5 nitrogen and oxygen atoms in total. The summed E-state index contributed by atoms with van der Waals surface area (Å²) >= 11 is 0. The lowest BCUT2D eigenvalue weighted by molar-refractivity contribution is 0.416. The Morgan fingerprint density at radius 2 is 1.83 bits per heavy atom. The van der Waals surface area contributed by atoms with Gasteiger partial charge in [0.1, 0.15) is 5.75 Å². The van der Waals surface area contributed by atoms with Crippen LogP contribution in [0.5, 0.6) is 5.75 Å². The van der Waals surface area contributed by atoms with Gasteiger partial charge in [0.25, 0.3) is 0 Å². The molecule has 0 radical (unpaired) electrons. The quantitative estimate of drug-likeness (QED) is 0.509. The molecule has 148 valence electrons. The normalized spacial score (nSPS) is 11.1. The molecule has 5 heteroatoms. The van der Waals surface area contributed by atoms with E-state index in [1.54, 1.807) is 13.3 Å². The predicted octanol–water partition coefficient (Wildman–Crippen LogP) is 5.25. The first-order valence-electron chi connectivity index (χ1n) is 9.76. The Kier molecular flexibility index (Phi) is 4.97. The number of fused-ring (bicyclic) bond motifs is 1. The molecule has 0 fully saturated rings. The van der Waals surface area contributed by atoms with E-state index in [0.29, 0.717) is 0 Å². The molecule has 3 heterocycles. The van der Waals surface area contributed by atoms with Gasteiger partial charge in [-0.3, -0.25) is 4.98 Å². The molecule has 0 saturated carbocycles. The summed E-state index contributed by atoms with van der Waals surface area (Å²) in [4.78, 5) is 9.10. The Bertz CT molecular complexity index is 1170. The molecule has 0 aliphatic carbocycles. The summed E-state index contributed by atoms with van der Waals surface area (Å²) in [6.45, 7) is 9.18. The van der Waals surface area contributed by atoms with Crippen LogP contribution in [0.25, 0.3) is 16.8 Å². The molecule has 1 aromatic carbocycles. The van der Waals surface area contributed by atoms with Gasteiger partial charge in [0.05, 0.1) is 18.5 Å². The minimum atomic E-state index is 0.743. The van der Waals surface area contributed by atoms with Crippen LogP contribution in [0.4, 0.5) is 5.69 Å². The summed E-state index contributed by atoms with van der Waals surface area (Å²) in [5.74, 6) is 0.800. The van der Waals surface area contributed by atoms with Crippen molar-refractivity contribution in [2.75, 3.05) is 12.4 Å². The Balaban J connectivity index is 1.83. The van der Waals surface area contributed by atoms with Crippen LogP contribution in [0, 0.1) is 27.7 Å². The van der Waals surface area contributed by atoms with Gasteiger partial charge in [0, 0.05) is 42.0 Å². The number of anilines is 1. The van der Waals surface area contributed by atoms with Crippen molar-refractivity contribution < 1.29 is 4.74 Å². The molecular weight excluding hydrogens is 360 g/mol. The molecule has 3 aromatic heterocycles. The van der Waals surface area contributed by atoms with Gasteiger partial charge in [-0.1, -0.05) is 18.2 Å². The zero-order valence-corrected chi connectivity index (χ0v) is 17.6. The molecule has 4 aromatic rings. The van der Waals surface area contributed by atoms with E-state index >= 15 is 0 Å². The monoisotopic (exact) mass is 386 g/mol. The van der Waals surface area contributed by atoms with Crippen molar-refractivity contribution in [2.45, 2.75) is 34.2 Å². The van der Waals surface area contributed by atoms with Gasteiger partial charge in [-0.15, -0.1) is 0 Å². The molecule has 0 aliphatic heterocycles. The van der Waals surface area contributed by atoms with Gasteiger partial charge >= 0.3 is 0 Å². The van der Waals surface area contributed by atoms with Crippen molar-refractivity contribution in [3.8, 4) is 16.9 Å². The molecule has 0 amide bonds. The van der Waals surface area contributed by atoms with Gasteiger partial charge < -0.3 is 14.5 Å². The molecule has 1 N–H and O–H groups in total. The zero-order valence-electron chi connectivity index (χ0n) is 17.6. The Hall–Kier alpha value is -3.34. The Morgan fingerprint density at radius 3 is 2.55 bits per heavy atom. The van der Waals surface area contributed by atoms with Gasteiger partial charge in [0.2, 0.25) is 0 Å². The first kappa shape index (κ1) is 19.0. The van der Waals surface area contributed by atoms with E-state index in [2.05, 4.69) is 65.9 Å². The lowest BCUT2D eigenvalue weighted by Crippen LogP contribution is -2.06. The number of nitrogens with zero attached hydrogens (tertiary/aromatic N) is 3. The van der Waals surface area contributed by atoms with Gasteiger partial charge in [-0.25, -0.2) is 4.98 Å². The summed E-state index contributed by atoms with van der Waals surface area (Å²) in [5.41, 5.74) is 9.95. The Labute approximate surface area is 171 Å². The maximum absolute atomic E-state index is 5.56. The Morgan fingerprint density at radius 1 is 1.07 bits per heavy atom. The largest absolute Gasteiger partial charge is 0.496 e. The predicted molar refractivity (Wildman–Crippen MR) is 118 cm³/mol. The lowest BCUT2D eigenvalue weighted by atomic mass is 10.0. The summed E-state index contributed by atoms with van der Waals surface area (Å²) in [6, 6.07) is 10.4. The van der Waals surface area contributed by atoms with E-state index in [4.69, 9.17) is 9.72 Å². The van der Waals surface area contributed by atoms with E-state index in [1.807, 2.05) is 19.2 Å². The van der Waals surface area contributed by atoms with Crippen molar-refractivity contribution in [1.29, 1.82) is 0 Å². The highest BCUT2D eigenvalue weighted by atomic mass is 16.5. The molecule has 4 rings (SSSR count). The maximum Gasteiger partial charge on any atom is 0.160 e. The number of ether oxygens (including phenoxy) is 1. The molecule has 0 unspecified atom stereocenters. The van der Waals surface area contributed by atoms with E-state index in [0.717, 1.165) is 46.1 Å². The number of hydrogen-bond donors (Lipinski definition) is 1. The lowest BCUT2D eigenvalue weighted by Gasteiger charge is -2.15. The number of pyridine rings is 2. The number of hydrogen-bond acceptors (Lipinski definition) is 4. The molecule has 0 bridgehead atoms. The smallest absolute Gasteiger partial charge is 0.160 e. The number of methoxy groups -OCH3 is 1. The third-order valence-electron chi connectivity index (χ3n) is 5.61. The molecule has 0 saturated heterocycles. The highest BCUT2D eigenvalue weighted by Crippen LogP contribution is 2.33. The van der Waals surface area contributed by atoms with Crippen molar-refractivity contribution in [3.05, 3.63) is 77.0 Å². The molecule has 0 atom stereocenters. The number of aryl methyl sites for hydroxylation is 4. The number of nitrogens with one attached hydrogen (secondary N) is 1. The van der Waals surface area contributed by atoms with E-state index in [9.17, 15) is 0 Å². The second-order valence-electron chi connectivity index (χ2n) is 7.42. The van der Waals surface area contributed by atoms with Crippen LogP contribution in [-0.4, -0.2) is 21.5 Å². The van der Waals surface area contributed by atoms with Crippen LogP contribution in [0.1, 0.15) is 28.1 Å². The van der Waals surface area contributed by atoms with Crippen LogP contribution in [0.2, 0.25) is 0 Å². The number of aromatic nitrogens is 3. The maximum atomic E-state index is 5.56. The summed E-state index contributed by atoms with van der Waals surface area (Å²) in [6.07, 6.45) is 5.69. The van der Waals surface area contributed by atoms with Gasteiger partial charge in [-0.2, -0.15) is 0 Å². The van der Waals surface area contributed by atoms with Crippen molar-refractivity contribution in [1.82, 2.24) is 14.4 Å².